The number of amides is 3. The van der Waals surface area contributed by atoms with E-state index in [0.29, 0.717) is 18.6 Å². The number of hydrogen-bond donors (Lipinski definition) is 1. The molecule has 1 saturated heterocycles. The summed E-state index contributed by atoms with van der Waals surface area (Å²) in [4.78, 5) is 36.4. The van der Waals surface area contributed by atoms with Crippen molar-refractivity contribution in [2.45, 2.75) is 32.2 Å². The van der Waals surface area contributed by atoms with E-state index in [0.717, 1.165) is 0 Å². The van der Waals surface area contributed by atoms with Gasteiger partial charge in [-0.25, -0.2) is 0 Å². The fourth-order valence-electron chi connectivity index (χ4n) is 2.16. The minimum Gasteiger partial charge on any atom is -0.469 e. The van der Waals surface area contributed by atoms with E-state index in [9.17, 15) is 14.4 Å². The largest absolute Gasteiger partial charge is 0.469 e. The summed E-state index contributed by atoms with van der Waals surface area (Å²) in [7, 11) is 0. The number of rotatable bonds is 4. The number of piperazine rings is 1. The summed E-state index contributed by atoms with van der Waals surface area (Å²) in [6.07, 6.45) is 2.73. The third-order valence-corrected chi connectivity index (χ3v) is 3.13. The molecule has 0 aliphatic carbocycles. The number of aryl methyl sites for hydroxylation is 1. The van der Waals surface area contributed by atoms with Crippen LogP contribution in [0, 0.1) is 0 Å². The lowest BCUT2D eigenvalue weighted by molar-refractivity contribution is -0.150. The van der Waals surface area contributed by atoms with Crippen molar-refractivity contribution in [3.63, 3.8) is 0 Å². The van der Waals surface area contributed by atoms with Gasteiger partial charge in [-0.1, -0.05) is 6.92 Å². The first-order chi connectivity index (χ1) is 9.11. The fraction of sp³-hybridized carbons (Fsp3) is 0.462. The molecule has 0 aromatic carbocycles. The number of imide groups is 1. The molecule has 0 spiro atoms. The van der Waals surface area contributed by atoms with Crippen molar-refractivity contribution in [2.75, 3.05) is 6.54 Å². The summed E-state index contributed by atoms with van der Waals surface area (Å²) in [6.45, 7) is 1.76. The molecule has 1 aromatic rings. The molecule has 1 aliphatic heterocycles. The van der Waals surface area contributed by atoms with Gasteiger partial charge < -0.3 is 9.32 Å². The summed E-state index contributed by atoms with van der Waals surface area (Å²) < 4.78 is 5.15. The molecule has 0 bridgehead atoms. The van der Waals surface area contributed by atoms with E-state index in [4.69, 9.17) is 4.42 Å². The van der Waals surface area contributed by atoms with Gasteiger partial charge in [0, 0.05) is 12.8 Å². The molecule has 1 unspecified atom stereocenters. The number of nitrogens with one attached hydrogen (secondary N) is 1. The first-order valence-electron chi connectivity index (χ1n) is 6.27. The Balaban J connectivity index is 1.99. The minimum atomic E-state index is -0.554. The summed E-state index contributed by atoms with van der Waals surface area (Å²) in [6, 6.07) is 2.99. The topological polar surface area (TPSA) is 79.6 Å². The monoisotopic (exact) mass is 264 g/mol. The Labute approximate surface area is 110 Å². The zero-order valence-corrected chi connectivity index (χ0v) is 10.7. The van der Waals surface area contributed by atoms with Gasteiger partial charge in [-0.3, -0.25) is 19.7 Å². The Kier molecular flexibility index (Phi) is 3.99. The van der Waals surface area contributed by atoms with E-state index in [-0.39, 0.29) is 18.9 Å². The van der Waals surface area contributed by atoms with Crippen LogP contribution in [0.5, 0.6) is 0 Å². The van der Waals surface area contributed by atoms with E-state index in [2.05, 4.69) is 5.32 Å². The number of carbonyl (C=O) groups is 3. The summed E-state index contributed by atoms with van der Waals surface area (Å²) in [5.74, 6) is -0.313. The molecule has 1 fully saturated rings. The molecular formula is C13H16N2O4. The molecule has 1 N–H and O–H groups in total. The number of furan rings is 1. The van der Waals surface area contributed by atoms with Gasteiger partial charge in [0.2, 0.25) is 17.7 Å². The Morgan fingerprint density at radius 2 is 2.32 bits per heavy atom. The minimum absolute atomic E-state index is 0.0543. The maximum absolute atomic E-state index is 12.1. The molecule has 102 valence electrons. The van der Waals surface area contributed by atoms with Crippen molar-refractivity contribution in [3.05, 3.63) is 24.2 Å². The van der Waals surface area contributed by atoms with E-state index in [1.807, 2.05) is 6.92 Å². The first-order valence-corrected chi connectivity index (χ1v) is 6.27. The van der Waals surface area contributed by atoms with Crippen LogP contribution in [0.25, 0.3) is 0 Å². The van der Waals surface area contributed by atoms with Gasteiger partial charge in [-0.2, -0.15) is 0 Å². The molecule has 6 nitrogen and oxygen atoms in total. The van der Waals surface area contributed by atoms with Gasteiger partial charge >= 0.3 is 0 Å². The smallest absolute Gasteiger partial charge is 0.249 e. The second kappa shape index (κ2) is 5.69. The Hall–Kier alpha value is -2.11. The predicted octanol–water partition coefficient (Wildman–Crippen LogP) is 0.476. The van der Waals surface area contributed by atoms with Crippen LogP contribution in [0.2, 0.25) is 0 Å². The number of nitrogens with zero attached hydrogens (tertiary/aromatic N) is 1. The van der Waals surface area contributed by atoms with Crippen LogP contribution < -0.4 is 5.32 Å². The van der Waals surface area contributed by atoms with Crippen LogP contribution in [0.1, 0.15) is 25.5 Å². The summed E-state index contributed by atoms with van der Waals surface area (Å²) in [5.41, 5.74) is 0. The van der Waals surface area contributed by atoms with Crippen LogP contribution in [-0.4, -0.2) is 35.2 Å². The molecule has 1 aliphatic rings. The number of hydrogen-bond acceptors (Lipinski definition) is 4. The Bertz CT molecular complexity index is 481. The highest BCUT2D eigenvalue weighted by Crippen LogP contribution is 2.13. The quantitative estimate of drug-likeness (QED) is 0.802. The highest BCUT2D eigenvalue weighted by molar-refractivity contribution is 6.04. The van der Waals surface area contributed by atoms with E-state index >= 15 is 0 Å². The van der Waals surface area contributed by atoms with Gasteiger partial charge in [0.15, 0.2) is 0 Å². The van der Waals surface area contributed by atoms with Crippen LogP contribution in [-0.2, 0) is 20.8 Å². The molecule has 19 heavy (non-hydrogen) atoms. The van der Waals surface area contributed by atoms with Crippen molar-refractivity contribution < 1.29 is 18.8 Å². The lowest BCUT2D eigenvalue weighted by Crippen LogP contribution is -2.59. The average Bonchev–Trinajstić information content (AvgIpc) is 2.88. The van der Waals surface area contributed by atoms with Crippen molar-refractivity contribution in [1.82, 2.24) is 10.2 Å². The third kappa shape index (κ3) is 3.01. The molecule has 1 atom stereocenters. The molecule has 2 heterocycles. The van der Waals surface area contributed by atoms with Crippen LogP contribution in [0.4, 0.5) is 0 Å². The van der Waals surface area contributed by atoms with E-state index in [1.165, 1.54) is 4.90 Å². The van der Waals surface area contributed by atoms with Gasteiger partial charge in [-0.15, -0.1) is 0 Å². The summed E-state index contributed by atoms with van der Waals surface area (Å²) in [5, 5.41) is 2.24. The molecule has 1 aromatic heterocycles. The van der Waals surface area contributed by atoms with Gasteiger partial charge in [-0.05, 0) is 18.6 Å². The second-order valence-corrected chi connectivity index (χ2v) is 4.44. The van der Waals surface area contributed by atoms with Crippen molar-refractivity contribution in [3.8, 4) is 0 Å². The SMILES string of the molecule is CCC1C(=O)NC(=O)CN1C(=O)CCc1ccco1. The van der Waals surface area contributed by atoms with Crippen LogP contribution in [0.3, 0.4) is 0 Å². The molecule has 6 heteroatoms. The zero-order chi connectivity index (χ0) is 13.8. The Morgan fingerprint density at radius 3 is 2.95 bits per heavy atom. The lowest BCUT2D eigenvalue weighted by atomic mass is 10.1. The Morgan fingerprint density at radius 1 is 1.53 bits per heavy atom. The van der Waals surface area contributed by atoms with Gasteiger partial charge in [0.25, 0.3) is 0 Å². The normalized spacial score (nSPS) is 19.4. The number of carbonyl (C=O) groups excluding carboxylic acids is 3. The lowest BCUT2D eigenvalue weighted by Gasteiger charge is -2.33. The van der Waals surface area contributed by atoms with E-state index < -0.39 is 17.9 Å². The average molecular weight is 264 g/mol. The third-order valence-electron chi connectivity index (χ3n) is 3.13. The molecular weight excluding hydrogens is 248 g/mol. The van der Waals surface area contributed by atoms with E-state index in [1.54, 1.807) is 18.4 Å². The van der Waals surface area contributed by atoms with Crippen molar-refractivity contribution in [1.29, 1.82) is 0 Å². The van der Waals surface area contributed by atoms with Gasteiger partial charge in [0.05, 0.1) is 6.26 Å². The zero-order valence-electron chi connectivity index (χ0n) is 10.7. The summed E-state index contributed by atoms with van der Waals surface area (Å²) >= 11 is 0. The molecule has 3 amide bonds. The maximum atomic E-state index is 12.1. The molecule has 0 saturated carbocycles. The van der Waals surface area contributed by atoms with Gasteiger partial charge in [0.1, 0.15) is 18.3 Å². The van der Waals surface area contributed by atoms with Crippen LogP contribution in [0.15, 0.2) is 22.8 Å². The van der Waals surface area contributed by atoms with Crippen molar-refractivity contribution >= 4 is 17.7 Å². The fourth-order valence-corrected chi connectivity index (χ4v) is 2.16. The highest BCUT2D eigenvalue weighted by Gasteiger charge is 2.35. The predicted molar refractivity (Wildman–Crippen MR) is 66.0 cm³/mol. The first kappa shape index (κ1) is 13.3. The molecule has 0 radical (unpaired) electrons. The second-order valence-electron chi connectivity index (χ2n) is 4.44. The van der Waals surface area contributed by atoms with Crippen molar-refractivity contribution in [2.24, 2.45) is 0 Å². The maximum Gasteiger partial charge on any atom is 0.249 e. The highest BCUT2D eigenvalue weighted by atomic mass is 16.3. The molecule has 2 rings (SSSR count). The van der Waals surface area contributed by atoms with Crippen LogP contribution >= 0.6 is 0 Å². The standard InChI is InChI=1S/C13H16N2O4/c1-2-10-13(18)14-11(16)8-15(10)12(17)6-5-9-4-3-7-19-9/h3-4,7,10H,2,5-6,8H2,1H3,(H,14,16,18).